The van der Waals surface area contributed by atoms with Gasteiger partial charge in [0, 0.05) is 5.56 Å². The summed E-state index contributed by atoms with van der Waals surface area (Å²) >= 11 is 23.6. The molecule has 2 aromatic rings. The van der Waals surface area contributed by atoms with E-state index in [2.05, 4.69) is 10.5 Å². The van der Waals surface area contributed by atoms with Crippen LogP contribution in [0.25, 0.3) is 0 Å². The molecule has 122 valence electrons. The number of hydrogen-bond donors (Lipinski definition) is 1. The Bertz CT molecular complexity index is 717. The smallest absolute Gasteiger partial charge is 0.275 e. The van der Waals surface area contributed by atoms with Gasteiger partial charge >= 0.3 is 6.18 Å². The van der Waals surface area contributed by atoms with Crippen LogP contribution in [0.15, 0.2) is 35.4 Å². The van der Waals surface area contributed by atoms with Crippen molar-refractivity contribution >= 4 is 58.3 Å². The lowest BCUT2D eigenvalue weighted by Gasteiger charge is -2.11. The summed E-state index contributed by atoms with van der Waals surface area (Å²) in [6, 6.07) is 6.42. The van der Waals surface area contributed by atoms with Gasteiger partial charge in [-0.15, -0.1) is 0 Å². The van der Waals surface area contributed by atoms with E-state index in [1.807, 2.05) is 0 Å². The SMILES string of the molecule is FC(F)(F)c1cc(Cl)c(N/N=C/c2c(Cl)cccc2Cl)c(Cl)c1. The van der Waals surface area contributed by atoms with E-state index in [1.54, 1.807) is 18.2 Å². The average molecular weight is 402 g/mol. The Morgan fingerprint density at radius 2 is 1.43 bits per heavy atom. The third kappa shape index (κ3) is 4.44. The van der Waals surface area contributed by atoms with Gasteiger partial charge in [0.15, 0.2) is 0 Å². The van der Waals surface area contributed by atoms with Crippen LogP contribution >= 0.6 is 46.4 Å². The first-order chi connectivity index (χ1) is 10.7. The monoisotopic (exact) mass is 400 g/mol. The van der Waals surface area contributed by atoms with Gasteiger partial charge < -0.3 is 0 Å². The molecule has 0 spiro atoms. The fourth-order valence-corrected chi connectivity index (χ4v) is 2.71. The highest BCUT2D eigenvalue weighted by atomic mass is 35.5. The molecule has 0 bridgehead atoms. The number of nitrogens with one attached hydrogen (secondary N) is 1. The van der Waals surface area contributed by atoms with E-state index in [0.29, 0.717) is 15.6 Å². The highest BCUT2D eigenvalue weighted by Crippen LogP contribution is 2.38. The molecule has 0 atom stereocenters. The minimum Gasteiger partial charge on any atom is -0.275 e. The van der Waals surface area contributed by atoms with Crippen molar-refractivity contribution in [3.8, 4) is 0 Å². The van der Waals surface area contributed by atoms with E-state index in [1.165, 1.54) is 6.21 Å². The maximum atomic E-state index is 12.6. The van der Waals surface area contributed by atoms with Crippen molar-refractivity contribution < 1.29 is 13.2 Å². The van der Waals surface area contributed by atoms with Gasteiger partial charge in [-0.05, 0) is 24.3 Å². The van der Waals surface area contributed by atoms with Crippen LogP contribution in [0.1, 0.15) is 11.1 Å². The molecule has 1 N–H and O–H groups in total. The summed E-state index contributed by atoms with van der Waals surface area (Å²) in [5.41, 5.74) is 2.02. The molecule has 0 fully saturated rings. The summed E-state index contributed by atoms with van der Waals surface area (Å²) in [5.74, 6) is 0. The van der Waals surface area contributed by atoms with Crippen molar-refractivity contribution in [1.29, 1.82) is 0 Å². The number of halogens is 7. The van der Waals surface area contributed by atoms with Gasteiger partial charge in [-0.2, -0.15) is 18.3 Å². The Morgan fingerprint density at radius 3 is 1.91 bits per heavy atom. The molecule has 0 unspecified atom stereocenters. The zero-order chi connectivity index (χ0) is 17.2. The summed E-state index contributed by atoms with van der Waals surface area (Å²) in [7, 11) is 0. The van der Waals surface area contributed by atoms with Crippen LogP contribution in [0, 0.1) is 0 Å². The number of rotatable bonds is 3. The molecule has 9 heteroatoms. The van der Waals surface area contributed by atoms with Gasteiger partial charge in [-0.3, -0.25) is 5.43 Å². The molecule has 0 aliphatic rings. The first kappa shape index (κ1) is 18.2. The zero-order valence-electron chi connectivity index (χ0n) is 11.1. The van der Waals surface area contributed by atoms with Gasteiger partial charge in [0.05, 0.1) is 37.6 Å². The lowest BCUT2D eigenvalue weighted by molar-refractivity contribution is -0.137. The maximum absolute atomic E-state index is 12.6. The first-order valence-corrected chi connectivity index (χ1v) is 7.50. The van der Waals surface area contributed by atoms with Crippen LogP contribution in [0.3, 0.4) is 0 Å². The van der Waals surface area contributed by atoms with E-state index in [-0.39, 0.29) is 15.7 Å². The van der Waals surface area contributed by atoms with Crippen LogP contribution in [-0.4, -0.2) is 6.21 Å². The molecule has 2 aromatic carbocycles. The Morgan fingerprint density at radius 1 is 0.913 bits per heavy atom. The molecular weight excluding hydrogens is 395 g/mol. The highest BCUT2D eigenvalue weighted by Gasteiger charge is 2.32. The Labute approximate surface area is 149 Å². The molecule has 23 heavy (non-hydrogen) atoms. The summed E-state index contributed by atoms with van der Waals surface area (Å²) in [5, 5.41) is 4.16. The molecule has 2 nitrogen and oxygen atoms in total. The standard InChI is InChI=1S/C14H7Cl4F3N2/c15-9-2-1-3-10(16)8(9)6-22-23-13-11(17)4-7(5-12(13)18)14(19,20)21/h1-6,23H/b22-6+. The second-order valence-corrected chi connectivity index (χ2v) is 5.95. The highest BCUT2D eigenvalue weighted by molar-refractivity contribution is 6.39. The molecule has 0 aromatic heterocycles. The number of hydrazone groups is 1. The quantitative estimate of drug-likeness (QED) is 0.445. The van der Waals surface area contributed by atoms with Crippen LogP contribution in [0.4, 0.5) is 18.9 Å². The summed E-state index contributed by atoms with van der Waals surface area (Å²) in [4.78, 5) is 0. The number of alkyl halides is 3. The Hall–Kier alpha value is -1.14. The third-order valence-corrected chi connectivity index (χ3v) is 3.99. The van der Waals surface area contributed by atoms with E-state index < -0.39 is 11.7 Å². The predicted octanol–water partition coefficient (Wildman–Crippen LogP) is 6.77. The van der Waals surface area contributed by atoms with Crippen molar-refractivity contribution in [2.45, 2.75) is 6.18 Å². The minimum atomic E-state index is -4.54. The van der Waals surface area contributed by atoms with Crippen molar-refractivity contribution in [3.63, 3.8) is 0 Å². The lowest BCUT2D eigenvalue weighted by atomic mass is 10.2. The van der Waals surface area contributed by atoms with Crippen molar-refractivity contribution in [3.05, 3.63) is 61.5 Å². The Balaban J connectivity index is 2.26. The molecule has 2 rings (SSSR count). The maximum Gasteiger partial charge on any atom is 0.416 e. The van der Waals surface area contributed by atoms with Crippen molar-refractivity contribution in [2.24, 2.45) is 5.10 Å². The molecule has 0 heterocycles. The van der Waals surface area contributed by atoms with E-state index >= 15 is 0 Å². The van der Waals surface area contributed by atoms with E-state index in [4.69, 9.17) is 46.4 Å². The zero-order valence-corrected chi connectivity index (χ0v) is 14.1. The van der Waals surface area contributed by atoms with E-state index in [9.17, 15) is 13.2 Å². The van der Waals surface area contributed by atoms with Crippen molar-refractivity contribution in [2.75, 3.05) is 5.43 Å². The van der Waals surface area contributed by atoms with Crippen LogP contribution in [0.2, 0.25) is 20.1 Å². The number of anilines is 1. The first-order valence-electron chi connectivity index (χ1n) is 5.99. The van der Waals surface area contributed by atoms with Gasteiger partial charge in [0.25, 0.3) is 0 Å². The molecule has 0 saturated carbocycles. The minimum absolute atomic E-state index is 0.0424. The lowest BCUT2D eigenvalue weighted by Crippen LogP contribution is -2.05. The summed E-state index contributed by atoms with van der Waals surface area (Å²) in [6.45, 7) is 0. The Kier molecular flexibility index (Phi) is 5.68. The molecular formula is C14H7Cl4F3N2. The van der Waals surface area contributed by atoms with Gasteiger partial charge in [0.2, 0.25) is 0 Å². The molecule has 0 amide bonds. The number of hydrogen-bond acceptors (Lipinski definition) is 2. The van der Waals surface area contributed by atoms with Gasteiger partial charge in [0.1, 0.15) is 0 Å². The largest absolute Gasteiger partial charge is 0.416 e. The third-order valence-electron chi connectivity index (χ3n) is 2.74. The van der Waals surface area contributed by atoms with Gasteiger partial charge in [-0.1, -0.05) is 52.5 Å². The fraction of sp³-hybridized carbons (Fsp3) is 0.0714. The predicted molar refractivity (Wildman–Crippen MR) is 89.1 cm³/mol. The number of benzene rings is 2. The van der Waals surface area contributed by atoms with E-state index in [0.717, 1.165) is 12.1 Å². The van der Waals surface area contributed by atoms with Crippen LogP contribution in [-0.2, 0) is 6.18 Å². The normalized spacial score (nSPS) is 12.0. The van der Waals surface area contributed by atoms with Gasteiger partial charge in [-0.25, -0.2) is 0 Å². The molecule has 0 saturated heterocycles. The number of nitrogens with zero attached hydrogens (tertiary/aromatic N) is 1. The summed E-state index contributed by atoms with van der Waals surface area (Å²) < 4.78 is 37.9. The second-order valence-electron chi connectivity index (χ2n) is 4.32. The fourth-order valence-electron chi connectivity index (χ4n) is 1.64. The molecule has 0 radical (unpaired) electrons. The average Bonchev–Trinajstić information content (AvgIpc) is 2.43. The summed E-state index contributed by atoms with van der Waals surface area (Å²) in [6.07, 6.45) is -3.23. The van der Waals surface area contributed by atoms with Crippen molar-refractivity contribution in [1.82, 2.24) is 0 Å². The second kappa shape index (κ2) is 7.18. The van der Waals surface area contributed by atoms with Crippen LogP contribution < -0.4 is 5.43 Å². The molecule has 0 aliphatic heterocycles. The topological polar surface area (TPSA) is 24.4 Å². The van der Waals surface area contributed by atoms with Crippen LogP contribution in [0.5, 0.6) is 0 Å². The molecule has 0 aliphatic carbocycles.